The average Bonchev–Trinajstić information content (AvgIpc) is 3.30. The summed E-state index contributed by atoms with van der Waals surface area (Å²) in [5.74, 6) is 7.03. The summed E-state index contributed by atoms with van der Waals surface area (Å²) in [5, 5.41) is -0.281. The lowest BCUT2D eigenvalue weighted by Gasteiger charge is -2.25. The average molecular weight is 747 g/mol. The number of nitrogens with two attached hydrogens (primary N) is 1. The van der Waals surface area contributed by atoms with Gasteiger partial charge in [-0.2, -0.15) is 0 Å². The molecule has 35 heavy (non-hydrogen) atoms. The minimum Gasteiger partial charge on any atom is -0.454 e. The predicted molar refractivity (Wildman–Crippen MR) is 154 cm³/mol. The lowest BCUT2D eigenvalue weighted by molar-refractivity contribution is -0.00272. The summed E-state index contributed by atoms with van der Waals surface area (Å²) < 4.78 is 30.7. The van der Waals surface area contributed by atoms with Crippen LogP contribution < -0.4 is 15.4 Å². The normalized spacial score (nSPS) is 19.0. The van der Waals surface area contributed by atoms with Gasteiger partial charge in [0.2, 0.25) is 6.79 Å². The monoisotopic (exact) mass is 747 g/mol. The molecule has 12 heteroatoms. The molecule has 0 aromatic heterocycles. The molecule has 2 N–H and O–H groups in total. The lowest BCUT2D eigenvalue weighted by atomic mass is 9.94. The number of halogens is 2. The van der Waals surface area contributed by atoms with Gasteiger partial charge in [0.15, 0.2) is 25.7 Å². The molecule has 2 aromatic carbocycles. The molecule has 0 spiro atoms. The Balaban J connectivity index is 0.000000551. The number of Topliss-reactive ketones (excluding diaryl/α,β-unsaturated/α-hetero) is 1. The maximum Gasteiger partial charge on any atom is 0.231 e. The molecule has 8 nitrogen and oxygen atoms in total. The van der Waals surface area contributed by atoms with Crippen molar-refractivity contribution in [1.29, 1.82) is 0 Å². The highest BCUT2D eigenvalue weighted by atomic mass is 128. The smallest absolute Gasteiger partial charge is 0.231 e. The van der Waals surface area contributed by atoms with Gasteiger partial charge < -0.3 is 18.9 Å². The Morgan fingerprint density at radius 1 is 1.14 bits per heavy atom. The van der Waals surface area contributed by atoms with E-state index in [1.54, 1.807) is 32.0 Å². The quantitative estimate of drug-likeness (QED) is 0.156. The van der Waals surface area contributed by atoms with E-state index in [4.69, 9.17) is 20.2 Å². The Hall–Kier alpha value is -0.540. The van der Waals surface area contributed by atoms with Crippen molar-refractivity contribution in [1.82, 2.24) is 0 Å². The fraction of sp³-hybridized carbons (Fsp3) is 0.435. The first-order valence-corrected chi connectivity index (χ1v) is 18.7. The van der Waals surface area contributed by atoms with E-state index in [-0.39, 0.29) is 37.6 Å². The third-order valence-corrected chi connectivity index (χ3v) is 7.19. The Kier molecular flexibility index (Phi) is 14.3. The van der Waals surface area contributed by atoms with Crippen molar-refractivity contribution in [3.05, 3.63) is 58.7 Å². The number of methoxy groups -OCH3 is 2. The van der Waals surface area contributed by atoms with Gasteiger partial charge in [-0.15, -0.1) is 11.8 Å². The van der Waals surface area contributed by atoms with Crippen molar-refractivity contribution in [3.63, 3.8) is 0 Å². The van der Waals surface area contributed by atoms with E-state index >= 15 is 0 Å². The molecule has 0 fully saturated rings. The van der Waals surface area contributed by atoms with Gasteiger partial charge in [-0.05, 0) is 42.2 Å². The number of fused-ring (bicyclic) bond motifs is 2. The fourth-order valence-corrected chi connectivity index (χ4v) is 5.53. The zero-order chi connectivity index (χ0) is 25.8. The van der Waals surface area contributed by atoms with Crippen LogP contribution in [0.5, 0.6) is 11.5 Å². The molecule has 0 radical (unpaired) electrons. The molecule has 2 unspecified atom stereocenters. The van der Waals surface area contributed by atoms with Gasteiger partial charge in [0, 0.05) is 62.3 Å². The van der Waals surface area contributed by atoms with Crippen LogP contribution in [-0.4, -0.2) is 44.1 Å². The van der Waals surface area contributed by atoms with Crippen LogP contribution in [0.25, 0.3) is 0 Å². The Morgan fingerprint density at radius 2 is 1.77 bits per heavy atom. The summed E-state index contributed by atoms with van der Waals surface area (Å²) in [4.78, 5) is 18.3. The molecule has 3 atom stereocenters. The zero-order valence-corrected chi connectivity index (χ0v) is 25.6. The highest BCUT2D eigenvalue weighted by Gasteiger charge is 2.35. The number of carbonyl (C=O) groups excluding carboxylic acids is 1. The molecular formula is C23H28I2NO7PS. The molecule has 0 saturated carbocycles. The first kappa shape index (κ1) is 30.7. The number of rotatable bonds is 7. The summed E-state index contributed by atoms with van der Waals surface area (Å²) in [6, 6.07) is 11.4. The lowest BCUT2D eigenvalue weighted by Crippen LogP contribution is -2.25. The molecule has 2 aromatic rings. The van der Waals surface area contributed by atoms with Crippen LogP contribution in [-0.2, 0) is 31.5 Å². The number of ether oxygens (including phenoxy) is 4. The molecule has 2 heterocycles. The van der Waals surface area contributed by atoms with Crippen molar-refractivity contribution in [2.45, 2.75) is 36.1 Å². The fourth-order valence-electron chi connectivity index (χ4n) is 3.75. The maximum atomic E-state index is 12.9. The number of ketones is 1. The first-order chi connectivity index (χ1) is 17.0. The molecule has 0 bridgehead atoms. The summed E-state index contributed by atoms with van der Waals surface area (Å²) in [7, 11) is 3.26. The van der Waals surface area contributed by atoms with Crippen molar-refractivity contribution >= 4 is 63.2 Å². The van der Waals surface area contributed by atoms with Crippen molar-refractivity contribution in [2.75, 3.05) is 27.8 Å². The zero-order valence-electron chi connectivity index (χ0n) is 19.6. The van der Waals surface area contributed by atoms with Crippen LogP contribution >= 0.6 is 57.5 Å². The van der Waals surface area contributed by atoms with Crippen LogP contribution in [0.2, 0.25) is 0 Å². The first-order valence-electron chi connectivity index (χ1n) is 10.5. The second-order valence-corrected chi connectivity index (χ2v) is 9.69. The maximum absolute atomic E-state index is 12.9. The van der Waals surface area contributed by atoms with E-state index in [2.05, 4.69) is 46.7 Å². The van der Waals surface area contributed by atoms with E-state index in [1.165, 1.54) is 0 Å². The Bertz CT molecular complexity index is 966. The van der Waals surface area contributed by atoms with E-state index in [0.717, 1.165) is 16.7 Å². The third-order valence-electron chi connectivity index (χ3n) is 5.31. The van der Waals surface area contributed by atoms with E-state index in [1.807, 2.05) is 37.3 Å². The van der Waals surface area contributed by atoms with Gasteiger partial charge in [-0.1, -0.05) is 24.3 Å². The second kappa shape index (κ2) is 16.3. The minimum atomic E-state index is -0.379. The van der Waals surface area contributed by atoms with Gasteiger partial charge in [0.05, 0.1) is 11.4 Å². The minimum absolute atomic E-state index is 0.0472. The SMILES string of the molecule is COCOC.C[C@@H]1SC(C(ON)c2ccc(CP=O)cc2)Cc2cc3c(cc2C1=O)OCO3.II. The molecule has 0 amide bonds. The van der Waals surface area contributed by atoms with Gasteiger partial charge >= 0.3 is 0 Å². The molecule has 2 aliphatic heterocycles. The number of hydrogen-bond donors (Lipinski definition) is 1. The number of hydrogen-bond acceptors (Lipinski definition) is 9. The standard InChI is InChI=1S/C20H20NO5PS.C3H8O2.I2/c1-11-19(22)15-8-17-16(24-10-25-17)6-14(15)7-18(28-11)20(26-21)13-4-2-12(3-5-13)9-27-23;1-4-3-5-2;1-2/h2-6,8,11,18,20H,7,9-10,21H2,1H3;3H2,1-2H3;/t11-,18?,20?;;/m0../s1. The molecule has 2 aliphatic rings. The summed E-state index contributed by atoms with van der Waals surface area (Å²) in [6.45, 7) is 2.47. The van der Waals surface area contributed by atoms with Gasteiger partial charge in [0.1, 0.15) is 12.9 Å². The topological polar surface area (TPSA) is 106 Å². The van der Waals surface area contributed by atoms with Crippen molar-refractivity contribution < 1.29 is 33.1 Å². The molecule has 4 rings (SSSR count). The summed E-state index contributed by atoms with van der Waals surface area (Å²) in [6.07, 6.45) is 0.712. The Morgan fingerprint density at radius 3 is 2.31 bits per heavy atom. The second-order valence-electron chi connectivity index (χ2n) is 7.53. The number of benzene rings is 2. The Labute approximate surface area is 234 Å². The van der Waals surface area contributed by atoms with Crippen LogP contribution in [0.4, 0.5) is 0 Å². The van der Waals surface area contributed by atoms with Crippen LogP contribution in [0, 0.1) is 0 Å². The third kappa shape index (κ3) is 8.49. The van der Waals surface area contributed by atoms with Crippen LogP contribution in [0.15, 0.2) is 36.4 Å². The molecule has 0 saturated heterocycles. The van der Waals surface area contributed by atoms with Gasteiger partial charge in [-0.3, -0.25) is 14.2 Å². The van der Waals surface area contributed by atoms with Crippen LogP contribution in [0.1, 0.15) is 40.1 Å². The number of carbonyl (C=O) groups is 1. The van der Waals surface area contributed by atoms with Gasteiger partial charge in [0.25, 0.3) is 0 Å². The van der Waals surface area contributed by atoms with Crippen LogP contribution in [0.3, 0.4) is 0 Å². The highest BCUT2D eigenvalue weighted by Crippen LogP contribution is 2.42. The highest BCUT2D eigenvalue weighted by molar-refractivity contribution is 15.0. The van der Waals surface area contributed by atoms with Crippen molar-refractivity contribution in [3.8, 4) is 11.5 Å². The number of thioether (sulfide) groups is 1. The largest absolute Gasteiger partial charge is 0.454 e. The van der Waals surface area contributed by atoms with E-state index < -0.39 is 0 Å². The van der Waals surface area contributed by atoms with E-state index in [9.17, 15) is 9.36 Å². The van der Waals surface area contributed by atoms with Gasteiger partial charge in [-0.25, -0.2) is 5.90 Å². The molecule has 0 aliphatic carbocycles. The van der Waals surface area contributed by atoms with Crippen molar-refractivity contribution in [2.24, 2.45) is 5.90 Å². The van der Waals surface area contributed by atoms with E-state index in [0.29, 0.717) is 36.4 Å². The molecule has 192 valence electrons. The summed E-state index contributed by atoms with van der Waals surface area (Å²) in [5.41, 5.74) is 3.49. The molecular weight excluding hydrogens is 719 g/mol. The summed E-state index contributed by atoms with van der Waals surface area (Å²) >= 11 is 5.80. The predicted octanol–water partition coefficient (Wildman–Crippen LogP) is 6.08.